The number of likely N-dealkylation sites (N-methyl/N-ethyl adjacent to an activating group) is 1. The lowest BCUT2D eigenvalue weighted by atomic mass is 10.1. The molecule has 0 spiro atoms. The molecule has 5 rings (SSSR count). The van der Waals surface area contributed by atoms with Gasteiger partial charge in [-0.3, -0.25) is 9.07 Å². The van der Waals surface area contributed by atoms with Crippen molar-refractivity contribution in [2.24, 2.45) is 5.41 Å². The van der Waals surface area contributed by atoms with Crippen molar-refractivity contribution in [3.05, 3.63) is 36.5 Å². The van der Waals surface area contributed by atoms with Crippen LogP contribution in [-0.4, -0.2) is 74.5 Å². The molecule has 0 unspecified atom stereocenters. The molecule has 0 amide bonds. The first-order chi connectivity index (χ1) is 15.5. The lowest BCUT2D eigenvalue weighted by Gasteiger charge is -2.32. The number of hydrogen-bond acceptors (Lipinski definition) is 8. The van der Waals surface area contributed by atoms with Crippen LogP contribution >= 0.6 is 0 Å². The Morgan fingerprint density at radius 2 is 1.78 bits per heavy atom. The van der Waals surface area contributed by atoms with Crippen molar-refractivity contribution < 1.29 is 4.39 Å². The number of nitrogens with zero attached hydrogens (tertiary/aromatic N) is 8. The number of piperazine rings is 1. The van der Waals surface area contributed by atoms with Crippen LogP contribution in [0.4, 0.5) is 22.0 Å². The molecule has 32 heavy (non-hydrogen) atoms. The molecule has 4 heterocycles. The first kappa shape index (κ1) is 20.7. The van der Waals surface area contributed by atoms with Crippen LogP contribution in [0.5, 0.6) is 0 Å². The van der Waals surface area contributed by atoms with E-state index in [1.807, 2.05) is 17.8 Å². The maximum atomic E-state index is 13.2. The second-order valence-corrected chi connectivity index (χ2v) is 8.97. The monoisotopic (exact) mass is 437 g/mol. The van der Waals surface area contributed by atoms with Crippen molar-refractivity contribution in [2.45, 2.75) is 26.3 Å². The quantitative estimate of drug-likeness (QED) is 0.604. The Labute approximate surface area is 186 Å². The topological polar surface area (TPSA) is 87.9 Å². The molecule has 1 aliphatic heterocycles. The smallest absolute Gasteiger partial charge is 0.227 e. The molecular formula is C22H28FN9. The van der Waals surface area contributed by atoms with Crippen LogP contribution in [0, 0.1) is 12.3 Å². The van der Waals surface area contributed by atoms with Gasteiger partial charge in [-0.25, -0.2) is 19.9 Å². The summed E-state index contributed by atoms with van der Waals surface area (Å²) in [6.45, 7) is 6.15. The third-order valence-corrected chi connectivity index (χ3v) is 6.30. The molecule has 0 aromatic carbocycles. The van der Waals surface area contributed by atoms with Gasteiger partial charge in [0.05, 0.1) is 36.6 Å². The SMILES string of the molecule is Cc1cnc(Nc2cnc(N3CCN(C)CC3)nc2)nc1-c1cnn(CC2(CF)CC2)c1. The Hall–Kier alpha value is -3.14. The highest BCUT2D eigenvalue weighted by Crippen LogP contribution is 2.47. The zero-order valence-corrected chi connectivity index (χ0v) is 18.5. The number of aryl methyl sites for hydroxylation is 1. The van der Waals surface area contributed by atoms with Crippen LogP contribution < -0.4 is 10.2 Å². The number of anilines is 3. The zero-order valence-electron chi connectivity index (χ0n) is 18.5. The van der Waals surface area contributed by atoms with Crippen molar-refractivity contribution in [1.29, 1.82) is 0 Å². The Kier molecular flexibility index (Phi) is 5.46. The first-order valence-electron chi connectivity index (χ1n) is 11.0. The number of aromatic nitrogens is 6. The predicted molar refractivity (Wildman–Crippen MR) is 121 cm³/mol. The Morgan fingerprint density at radius 1 is 1.03 bits per heavy atom. The molecular weight excluding hydrogens is 409 g/mol. The maximum absolute atomic E-state index is 13.2. The third kappa shape index (κ3) is 4.40. The summed E-state index contributed by atoms with van der Waals surface area (Å²) < 4.78 is 15.1. The van der Waals surface area contributed by atoms with Crippen molar-refractivity contribution >= 4 is 17.6 Å². The van der Waals surface area contributed by atoms with E-state index in [0.717, 1.165) is 67.5 Å². The second kappa shape index (κ2) is 8.42. The fourth-order valence-corrected chi connectivity index (χ4v) is 3.91. The normalized spacial score (nSPS) is 18.0. The molecule has 0 bridgehead atoms. The van der Waals surface area contributed by atoms with E-state index in [9.17, 15) is 4.39 Å². The van der Waals surface area contributed by atoms with Gasteiger partial charge in [-0.1, -0.05) is 0 Å². The number of hydrogen-bond donors (Lipinski definition) is 1. The van der Waals surface area contributed by atoms with Gasteiger partial charge in [-0.2, -0.15) is 5.10 Å². The molecule has 3 aromatic rings. The summed E-state index contributed by atoms with van der Waals surface area (Å²) in [5.41, 5.74) is 3.15. The Bertz CT molecular complexity index is 1070. The van der Waals surface area contributed by atoms with E-state index in [2.05, 4.69) is 47.2 Å². The summed E-state index contributed by atoms with van der Waals surface area (Å²) in [4.78, 5) is 22.6. The molecule has 1 N–H and O–H groups in total. The third-order valence-electron chi connectivity index (χ3n) is 6.30. The highest BCUT2D eigenvalue weighted by molar-refractivity contribution is 5.63. The molecule has 2 fully saturated rings. The molecule has 0 radical (unpaired) electrons. The molecule has 9 nitrogen and oxygen atoms in total. The lowest BCUT2D eigenvalue weighted by Crippen LogP contribution is -2.45. The van der Waals surface area contributed by atoms with Crippen molar-refractivity contribution in [3.63, 3.8) is 0 Å². The van der Waals surface area contributed by atoms with Gasteiger partial charge >= 0.3 is 0 Å². The molecule has 3 aromatic heterocycles. The molecule has 1 aliphatic carbocycles. The van der Waals surface area contributed by atoms with Gasteiger partial charge in [0.2, 0.25) is 11.9 Å². The predicted octanol–water partition coefficient (Wildman–Crippen LogP) is 2.68. The zero-order chi connectivity index (χ0) is 22.1. The minimum atomic E-state index is -0.293. The summed E-state index contributed by atoms with van der Waals surface area (Å²) in [6.07, 6.45) is 10.9. The van der Waals surface area contributed by atoms with Crippen molar-refractivity contribution in [2.75, 3.05) is 50.1 Å². The first-order valence-corrected chi connectivity index (χ1v) is 11.0. The van der Waals surface area contributed by atoms with Crippen LogP contribution in [0.3, 0.4) is 0 Å². The highest BCUT2D eigenvalue weighted by atomic mass is 19.1. The molecule has 1 saturated heterocycles. The van der Waals surface area contributed by atoms with E-state index in [-0.39, 0.29) is 12.1 Å². The highest BCUT2D eigenvalue weighted by Gasteiger charge is 2.43. The summed E-state index contributed by atoms with van der Waals surface area (Å²) in [5.74, 6) is 1.21. The van der Waals surface area contributed by atoms with Crippen molar-refractivity contribution in [1.82, 2.24) is 34.6 Å². The Morgan fingerprint density at radius 3 is 2.47 bits per heavy atom. The average molecular weight is 438 g/mol. The van der Waals surface area contributed by atoms with E-state index in [1.54, 1.807) is 24.8 Å². The van der Waals surface area contributed by atoms with E-state index < -0.39 is 0 Å². The minimum Gasteiger partial charge on any atom is -0.338 e. The molecule has 168 valence electrons. The lowest BCUT2D eigenvalue weighted by molar-refractivity contribution is 0.294. The summed E-state index contributed by atoms with van der Waals surface area (Å²) in [7, 11) is 2.12. The van der Waals surface area contributed by atoms with Crippen LogP contribution in [0.2, 0.25) is 0 Å². The summed E-state index contributed by atoms with van der Waals surface area (Å²) >= 11 is 0. The van der Waals surface area contributed by atoms with Gasteiger partial charge in [0, 0.05) is 56.1 Å². The Balaban J connectivity index is 1.28. The minimum absolute atomic E-state index is 0.215. The average Bonchev–Trinajstić information content (AvgIpc) is 3.44. The molecule has 1 saturated carbocycles. The van der Waals surface area contributed by atoms with Gasteiger partial charge in [0.25, 0.3) is 0 Å². The van der Waals surface area contributed by atoms with Crippen LogP contribution in [0.25, 0.3) is 11.3 Å². The second-order valence-electron chi connectivity index (χ2n) is 8.97. The maximum Gasteiger partial charge on any atom is 0.227 e. The number of nitrogens with one attached hydrogen (secondary N) is 1. The molecule has 10 heteroatoms. The van der Waals surface area contributed by atoms with E-state index >= 15 is 0 Å². The molecule has 2 aliphatic rings. The number of halogens is 1. The fraction of sp³-hybridized carbons (Fsp3) is 0.500. The van der Waals surface area contributed by atoms with Crippen LogP contribution in [0.15, 0.2) is 31.0 Å². The van der Waals surface area contributed by atoms with Gasteiger partial charge in [0.1, 0.15) is 0 Å². The van der Waals surface area contributed by atoms with E-state index in [1.165, 1.54) is 0 Å². The molecule has 0 atom stereocenters. The summed E-state index contributed by atoms with van der Waals surface area (Å²) in [5, 5.41) is 7.61. The number of rotatable bonds is 7. The van der Waals surface area contributed by atoms with E-state index in [0.29, 0.717) is 12.5 Å². The van der Waals surface area contributed by atoms with Gasteiger partial charge in [0.15, 0.2) is 0 Å². The van der Waals surface area contributed by atoms with Crippen LogP contribution in [-0.2, 0) is 6.54 Å². The standard InChI is InChI=1S/C22H28FN9/c1-16-9-24-20(28-18-11-25-21(26-12-18)31-7-5-30(2)6-8-31)29-19(16)17-10-27-32(13-17)15-22(14-23)3-4-22/h9-13H,3-8,14-15H2,1-2H3,(H,24,28,29). The van der Waals surface area contributed by atoms with E-state index in [4.69, 9.17) is 0 Å². The van der Waals surface area contributed by atoms with Gasteiger partial charge in [-0.05, 0) is 32.4 Å². The summed E-state index contributed by atoms with van der Waals surface area (Å²) in [6, 6.07) is 0. The van der Waals surface area contributed by atoms with Crippen molar-refractivity contribution in [3.8, 4) is 11.3 Å². The fourth-order valence-electron chi connectivity index (χ4n) is 3.91. The number of alkyl halides is 1. The largest absolute Gasteiger partial charge is 0.338 e. The van der Waals surface area contributed by atoms with Gasteiger partial charge < -0.3 is 15.1 Å². The van der Waals surface area contributed by atoms with Gasteiger partial charge in [-0.15, -0.1) is 0 Å². The van der Waals surface area contributed by atoms with Crippen LogP contribution in [0.1, 0.15) is 18.4 Å².